The molecule has 0 heterocycles. The van der Waals surface area contributed by atoms with Crippen molar-refractivity contribution in [2.24, 2.45) is 11.8 Å². The predicted molar refractivity (Wildman–Crippen MR) is 129 cm³/mol. The predicted octanol–water partition coefficient (Wildman–Crippen LogP) is 6.40. The van der Waals surface area contributed by atoms with Crippen molar-refractivity contribution in [1.82, 2.24) is 0 Å². The Hall–Kier alpha value is -3.72. The number of anilines is 2. The van der Waals surface area contributed by atoms with E-state index >= 15 is 0 Å². The molecule has 0 radical (unpaired) electrons. The van der Waals surface area contributed by atoms with Crippen LogP contribution in [0.15, 0.2) is 90.5 Å². The maximum Gasteiger partial charge on any atom is 0.173 e. The lowest BCUT2D eigenvalue weighted by atomic mass is 9.67. The fourth-order valence-electron chi connectivity index (χ4n) is 4.68. The number of fused-ring (bicyclic) bond motifs is 2. The topological polar surface area (TPSA) is 46.2 Å². The van der Waals surface area contributed by atoms with Gasteiger partial charge in [0.15, 0.2) is 11.6 Å². The molecule has 0 amide bonds. The summed E-state index contributed by atoms with van der Waals surface area (Å²) in [6.45, 7) is 4.10. The number of benzene rings is 3. The third kappa shape index (κ3) is 3.60. The second kappa shape index (κ2) is 8.08. The summed E-state index contributed by atoms with van der Waals surface area (Å²) in [6, 6.07) is 21.9. The fourth-order valence-corrected chi connectivity index (χ4v) is 4.68. The molecule has 0 saturated heterocycles. The van der Waals surface area contributed by atoms with Crippen molar-refractivity contribution in [3.05, 3.63) is 118 Å². The monoisotopic (exact) mass is 419 g/mol. The highest BCUT2D eigenvalue weighted by molar-refractivity contribution is 6.20. The van der Waals surface area contributed by atoms with Gasteiger partial charge in [0, 0.05) is 11.3 Å². The summed E-state index contributed by atoms with van der Waals surface area (Å²) in [7, 11) is 0. The molecule has 3 aromatic carbocycles. The molecule has 3 nitrogen and oxygen atoms in total. The van der Waals surface area contributed by atoms with Crippen molar-refractivity contribution in [2.75, 3.05) is 5.32 Å². The van der Waals surface area contributed by atoms with Crippen LogP contribution in [0.2, 0.25) is 0 Å². The minimum Gasteiger partial charge on any atom is -0.355 e. The van der Waals surface area contributed by atoms with Gasteiger partial charge in [-0.05, 0) is 44.0 Å². The van der Waals surface area contributed by atoms with Crippen molar-refractivity contribution in [1.29, 1.82) is 0 Å². The molecule has 0 aliphatic heterocycles. The summed E-state index contributed by atoms with van der Waals surface area (Å²) in [5.74, 6) is -0.859. The first-order valence-electron chi connectivity index (χ1n) is 11.0. The van der Waals surface area contributed by atoms with E-state index in [2.05, 4.69) is 36.5 Å². The van der Waals surface area contributed by atoms with Gasteiger partial charge < -0.3 is 5.32 Å². The van der Waals surface area contributed by atoms with Gasteiger partial charge in [-0.3, -0.25) is 9.59 Å². The lowest BCUT2D eigenvalue weighted by molar-refractivity contribution is 0.0793. The summed E-state index contributed by atoms with van der Waals surface area (Å²) in [4.78, 5) is 27.3. The van der Waals surface area contributed by atoms with Crippen LogP contribution in [0.3, 0.4) is 0 Å². The number of carbonyl (C=O) groups excluding carboxylic acids is 2. The lowest BCUT2D eigenvalue weighted by Gasteiger charge is -2.33. The second-order valence-corrected chi connectivity index (χ2v) is 8.74. The minimum absolute atomic E-state index is 0.0162. The number of ketones is 2. The molecular weight excluding hydrogens is 394 g/mol. The number of allylic oxidation sites excluding steroid dienone is 4. The van der Waals surface area contributed by atoms with Crippen LogP contribution in [0, 0.1) is 25.7 Å². The van der Waals surface area contributed by atoms with Gasteiger partial charge in [0.05, 0.1) is 23.1 Å². The van der Waals surface area contributed by atoms with Crippen LogP contribution in [0.1, 0.15) is 37.4 Å². The van der Waals surface area contributed by atoms with E-state index < -0.39 is 11.8 Å². The molecular formula is C29H25NO2. The van der Waals surface area contributed by atoms with Crippen LogP contribution >= 0.6 is 0 Å². The van der Waals surface area contributed by atoms with Gasteiger partial charge in [0.25, 0.3) is 0 Å². The SMILES string of the molecule is Cc1ccc(CC2=CC=CC3C(=O)c4cccc(Nc5ccc(C)cc5)c4C(=O)C23)cc1. The molecule has 3 heteroatoms. The average Bonchev–Trinajstić information content (AvgIpc) is 2.80. The van der Waals surface area contributed by atoms with Gasteiger partial charge in [-0.2, -0.15) is 0 Å². The quantitative estimate of drug-likeness (QED) is 0.532. The first kappa shape index (κ1) is 20.2. The van der Waals surface area contributed by atoms with Crippen molar-refractivity contribution >= 4 is 22.9 Å². The fraction of sp³-hybridized carbons (Fsp3) is 0.172. The normalized spacial score (nSPS) is 19.2. The number of Topliss-reactive ketones (excluding diaryl/α,β-unsaturated/α-hetero) is 2. The van der Waals surface area contributed by atoms with Crippen molar-refractivity contribution < 1.29 is 9.59 Å². The zero-order valence-corrected chi connectivity index (χ0v) is 18.3. The maximum absolute atomic E-state index is 13.8. The third-order valence-corrected chi connectivity index (χ3v) is 6.41. The summed E-state index contributed by atoms with van der Waals surface area (Å²) in [5, 5.41) is 3.37. The molecule has 32 heavy (non-hydrogen) atoms. The molecule has 3 aromatic rings. The van der Waals surface area contributed by atoms with E-state index in [1.54, 1.807) is 6.07 Å². The zero-order valence-electron chi connectivity index (χ0n) is 18.3. The van der Waals surface area contributed by atoms with Crippen LogP contribution in [-0.2, 0) is 6.42 Å². The molecule has 0 aromatic heterocycles. The van der Waals surface area contributed by atoms with E-state index in [-0.39, 0.29) is 11.6 Å². The van der Waals surface area contributed by atoms with Gasteiger partial charge >= 0.3 is 0 Å². The highest BCUT2D eigenvalue weighted by atomic mass is 16.1. The first-order valence-corrected chi connectivity index (χ1v) is 11.0. The highest BCUT2D eigenvalue weighted by Gasteiger charge is 2.43. The Morgan fingerprint density at radius 1 is 0.812 bits per heavy atom. The number of hydrogen-bond donors (Lipinski definition) is 1. The molecule has 2 aliphatic carbocycles. The molecule has 0 bridgehead atoms. The van der Waals surface area contributed by atoms with Gasteiger partial charge in [-0.1, -0.05) is 83.5 Å². The zero-order chi connectivity index (χ0) is 22.2. The smallest absolute Gasteiger partial charge is 0.173 e. The van der Waals surface area contributed by atoms with E-state index in [0.717, 1.165) is 16.8 Å². The van der Waals surface area contributed by atoms with Crippen LogP contribution in [0.5, 0.6) is 0 Å². The van der Waals surface area contributed by atoms with Crippen LogP contribution in [0.25, 0.3) is 0 Å². The molecule has 5 rings (SSSR count). The first-order chi connectivity index (χ1) is 15.5. The standard InChI is InChI=1S/C29H25NO2/c1-18-9-13-20(14-10-18)17-21-5-3-6-23-26(21)29(32)27-24(28(23)31)7-4-8-25(27)30-22-15-11-19(2)12-16-22/h3-16,23,26,30H,17H2,1-2H3. The summed E-state index contributed by atoms with van der Waals surface area (Å²) >= 11 is 0. The van der Waals surface area contributed by atoms with Gasteiger partial charge in [-0.15, -0.1) is 0 Å². The Morgan fingerprint density at radius 3 is 2.22 bits per heavy atom. The van der Waals surface area contributed by atoms with Gasteiger partial charge in [0.2, 0.25) is 0 Å². The van der Waals surface area contributed by atoms with Gasteiger partial charge in [-0.25, -0.2) is 0 Å². The molecule has 2 unspecified atom stereocenters. The maximum atomic E-state index is 13.8. The minimum atomic E-state index is -0.456. The molecule has 0 saturated carbocycles. The van der Waals surface area contributed by atoms with E-state index in [0.29, 0.717) is 23.2 Å². The summed E-state index contributed by atoms with van der Waals surface area (Å²) < 4.78 is 0. The van der Waals surface area contributed by atoms with Crippen molar-refractivity contribution in [3.63, 3.8) is 0 Å². The second-order valence-electron chi connectivity index (χ2n) is 8.74. The van der Waals surface area contributed by atoms with E-state index in [1.807, 2.05) is 61.5 Å². The third-order valence-electron chi connectivity index (χ3n) is 6.41. The van der Waals surface area contributed by atoms with Crippen molar-refractivity contribution in [3.8, 4) is 0 Å². The number of aryl methyl sites for hydroxylation is 2. The van der Waals surface area contributed by atoms with Crippen LogP contribution < -0.4 is 5.32 Å². The Morgan fingerprint density at radius 2 is 1.50 bits per heavy atom. The number of nitrogens with one attached hydrogen (secondary N) is 1. The van der Waals surface area contributed by atoms with E-state index in [9.17, 15) is 9.59 Å². The number of hydrogen-bond acceptors (Lipinski definition) is 3. The van der Waals surface area contributed by atoms with E-state index in [4.69, 9.17) is 0 Å². The average molecular weight is 420 g/mol. The molecule has 2 atom stereocenters. The molecule has 0 fully saturated rings. The van der Waals surface area contributed by atoms with E-state index in [1.165, 1.54) is 11.1 Å². The number of rotatable bonds is 4. The van der Waals surface area contributed by atoms with Crippen LogP contribution in [0.4, 0.5) is 11.4 Å². The number of carbonyl (C=O) groups is 2. The molecule has 0 spiro atoms. The summed E-state index contributed by atoms with van der Waals surface area (Å²) in [5.41, 5.74) is 7.11. The Kier molecular flexibility index (Phi) is 5.10. The Bertz CT molecular complexity index is 1260. The lowest BCUT2D eigenvalue weighted by Crippen LogP contribution is -2.38. The highest BCUT2D eigenvalue weighted by Crippen LogP contribution is 2.41. The van der Waals surface area contributed by atoms with Crippen LogP contribution in [-0.4, -0.2) is 11.6 Å². The Labute approximate surface area is 188 Å². The van der Waals surface area contributed by atoms with Crippen molar-refractivity contribution in [2.45, 2.75) is 20.3 Å². The van der Waals surface area contributed by atoms with Gasteiger partial charge in [0.1, 0.15) is 0 Å². The Balaban J connectivity index is 1.53. The molecule has 1 N–H and O–H groups in total. The molecule has 2 aliphatic rings. The summed E-state index contributed by atoms with van der Waals surface area (Å²) in [6.07, 6.45) is 6.47. The molecule has 158 valence electrons. The largest absolute Gasteiger partial charge is 0.355 e.